The van der Waals surface area contributed by atoms with Gasteiger partial charge in [-0.1, -0.05) is 36.4 Å². The minimum atomic E-state index is -0.438. The van der Waals surface area contributed by atoms with Crippen LogP contribution in [0.25, 0.3) is 11.1 Å². The van der Waals surface area contributed by atoms with E-state index in [4.69, 9.17) is 0 Å². The van der Waals surface area contributed by atoms with E-state index in [2.05, 4.69) is 5.32 Å². The van der Waals surface area contributed by atoms with Crippen LogP contribution in [0, 0.1) is 11.6 Å². The maximum absolute atomic E-state index is 13.6. The van der Waals surface area contributed by atoms with Gasteiger partial charge in [0.1, 0.15) is 18.2 Å². The van der Waals surface area contributed by atoms with Gasteiger partial charge >= 0.3 is 6.03 Å². The number of aliphatic hydroxyl groups is 1. The zero-order chi connectivity index (χ0) is 23.8. The van der Waals surface area contributed by atoms with Crippen molar-refractivity contribution in [3.05, 3.63) is 90.0 Å². The first kappa shape index (κ1) is 22.0. The van der Waals surface area contributed by atoms with Crippen molar-refractivity contribution in [2.45, 2.75) is 18.0 Å². The summed E-state index contributed by atoms with van der Waals surface area (Å²) < 4.78 is 26.7. The average molecular weight is 463 g/mol. The molecule has 3 aromatic carbocycles. The van der Waals surface area contributed by atoms with Crippen LogP contribution in [0.1, 0.15) is 11.5 Å². The van der Waals surface area contributed by atoms with Gasteiger partial charge in [0, 0.05) is 18.2 Å². The molecule has 174 valence electrons. The van der Waals surface area contributed by atoms with Crippen LogP contribution in [0.2, 0.25) is 0 Å². The van der Waals surface area contributed by atoms with E-state index in [0.29, 0.717) is 12.2 Å². The Morgan fingerprint density at radius 2 is 1.71 bits per heavy atom. The molecule has 5 rings (SSSR count). The Morgan fingerprint density at radius 1 is 0.971 bits per heavy atom. The lowest BCUT2D eigenvalue weighted by atomic mass is 9.73. The fourth-order valence-electron chi connectivity index (χ4n) is 4.96. The number of hydrogen-bond acceptors (Lipinski definition) is 3. The monoisotopic (exact) mass is 463 g/mol. The SMILES string of the molecule is O=C(Nc1ccc(F)cc1)N1CC(=O)N2[C@H](CO)[C@H](c3ccc(-c4cccc(F)c4)cc3)[C@@H]2C1. The highest BCUT2D eigenvalue weighted by molar-refractivity contribution is 5.93. The van der Waals surface area contributed by atoms with Gasteiger partial charge in [0.15, 0.2) is 0 Å². The number of fused-ring (bicyclic) bond motifs is 1. The Kier molecular flexibility index (Phi) is 5.75. The van der Waals surface area contributed by atoms with Crippen molar-refractivity contribution in [1.82, 2.24) is 9.80 Å². The van der Waals surface area contributed by atoms with Gasteiger partial charge in [-0.3, -0.25) is 4.79 Å². The molecule has 2 N–H and O–H groups in total. The Labute approximate surface area is 195 Å². The number of nitrogens with zero attached hydrogens (tertiary/aromatic N) is 2. The Balaban J connectivity index is 1.34. The summed E-state index contributed by atoms with van der Waals surface area (Å²) in [6, 6.07) is 18.3. The first-order chi connectivity index (χ1) is 16.4. The van der Waals surface area contributed by atoms with Crippen molar-refractivity contribution >= 4 is 17.6 Å². The van der Waals surface area contributed by atoms with Gasteiger partial charge in [0.25, 0.3) is 0 Å². The molecule has 6 nitrogen and oxygen atoms in total. The molecule has 3 atom stereocenters. The maximum Gasteiger partial charge on any atom is 0.322 e. The molecule has 0 aliphatic carbocycles. The van der Waals surface area contributed by atoms with Crippen molar-refractivity contribution in [2.75, 3.05) is 25.0 Å². The molecule has 2 heterocycles. The van der Waals surface area contributed by atoms with Gasteiger partial charge in [0.05, 0.1) is 18.7 Å². The van der Waals surface area contributed by atoms with E-state index in [1.807, 2.05) is 30.3 Å². The Morgan fingerprint density at radius 3 is 2.38 bits per heavy atom. The van der Waals surface area contributed by atoms with Crippen LogP contribution in [0.5, 0.6) is 0 Å². The summed E-state index contributed by atoms with van der Waals surface area (Å²) in [5, 5.41) is 12.7. The van der Waals surface area contributed by atoms with E-state index in [1.165, 1.54) is 41.3 Å². The summed E-state index contributed by atoms with van der Waals surface area (Å²) in [5.41, 5.74) is 3.00. The maximum atomic E-state index is 13.6. The highest BCUT2D eigenvalue weighted by Gasteiger charge is 2.54. The van der Waals surface area contributed by atoms with Crippen LogP contribution in [-0.2, 0) is 4.79 Å². The number of carbonyl (C=O) groups excluding carboxylic acids is 2. The summed E-state index contributed by atoms with van der Waals surface area (Å²) in [6.45, 7) is 0.0389. The number of amides is 3. The molecule has 8 heteroatoms. The third kappa shape index (κ3) is 4.01. The van der Waals surface area contributed by atoms with E-state index < -0.39 is 11.8 Å². The lowest BCUT2D eigenvalue weighted by Crippen LogP contribution is -2.73. The molecule has 2 aliphatic heterocycles. The van der Waals surface area contributed by atoms with Crippen molar-refractivity contribution in [2.24, 2.45) is 0 Å². The van der Waals surface area contributed by atoms with Crippen molar-refractivity contribution < 1.29 is 23.5 Å². The molecule has 2 saturated heterocycles. The minimum Gasteiger partial charge on any atom is -0.394 e. The van der Waals surface area contributed by atoms with E-state index in [9.17, 15) is 23.5 Å². The van der Waals surface area contributed by atoms with Crippen molar-refractivity contribution in [3.8, 4) is 11.1 Å². The number of hydrogen-bond donors (Lipinski definition) is 2. The van der Waals surface area contributed by atoms with Crippen LogP contribution >= 0.6 is 0 Å². The van der Waals surface area contributed by atoms with Crippen LogP contribution in [-0.4, -0.2) is 58.6 Å². The lowest BCUT2D eigenvalue weighted by Gasteiger charge is -2.58. The van der Waals surface area contributed by atoms with E-state index in [1.54, 1.807) is 11.0 Å². The standard InChI is InChI=1S/C26H23F2N3O3/c27-19-8-10-21(11-9-19)29-26(34)30-13-22-25(23(15-32)31(22)24(33)14-30)17-6-4-16(5-7-17)18-2-1-3-20(28)12-18/h1-12,22-23,25,32H,13-15H2,(H,29,34)/t22-,23+,25+/m0/s1. The summed E-state index contributed by atoms with van der Waals surface area (Å²) in [4.78, 5) is 28.7. The molecule has 3 aromatic rings. The van der Waals surface area contributed by atoms with Crippen LogP contribution in [0.3, 0.4) is 0 Å². The number of benzene rings is 3. The molecule has 0 unspecified atom stereocenters. The molecular weight excluding hydrogens is 440 g/mol. The van der Waals surface area contributed by atoms with E-state index in [0.717, 1.165) is 16.7 Å². The fraction of sp³-hybridized carbons (Fsp3) is 0.231. The number of rotatable bonds is 4. The smallest absolute Gasteiger partial charge is 0.322 e. The number of piperazine rings is 1. The minimum absolute atomic E-state index is 0.0920. The van der Waals surface area contributed by atoms with Gasteiger partial charge < -0.3 is 20.2 Å². The molecule has 0 saturated carbocycles. The highest BCUT2D eigenvalue weighted by atomic mass is 19.1. The van der Waals surface area contributed by atoms with Crippen molar-refractivity contribution in [1.29, 1.82) is 0 Å². The second-order valence-electron chi connectivity index (χ2n) is 8.59. The Bertz CT molecular complexity index is 1220. The van der Waals surface area contributed by atoms with E-state index >= 15 is 0 Å². The van der Waals surface area contributed by atoms with Crippen LogP contribution in [0.15, 0.2) is 72.8 Å². The van der Waals surface area contributed by atoms with Gasteiger partial charge in [0.2, 0.25) is 5.91 Å². The van der Waals surface area contributed by atoms with Crippen LogP contribution in [0.4, 0.5) is 19.3 Å². The highest BCUT2D eigenvalue weighted by Crippen LogP contribution is 2.43. The van der Waals surface area contributed by atoms with Gasteiger partial charge in [-0.25, -0.2) is 13.6 Å². The summed E-state index contributed by atoms with van der Waals surface area (Å²) >= 11 is 0. The number of halogens is 2. The number of carbonyl (C=O) groups is 2. The van der Waals surface area contributed by atoms with E-state index in [-0.39, 0.29) is 42.9 Å². The third-order valence-corrected chi connectivity index (χ3v) is 6.59. The van der Waals surface area contributed by atoms with Gasteiger partial charge in [-0.15, -0.1) is 0 Å². The molecule has 2 aliphatic rings. The molecule has 2 fully saturated rings. The average Bonchev–Trinajstić information content (AvgIpc) is 2.82. The second kappa shape index (κ2) is 8.87. The molecule has 0 aromatic heterocycles. The lowest BCUT2D eigenvalue weighted by molar-refractivity contribution is -0.159. The second-order valence-corrected chi connectivity index (χ2v) is 8.59. The summed E-state index contributed by atoms with van der Waals surface area (Å²) in [6.07, 6.45) is 0. The third-order valence-electron chi connectivity index (χ3n) is 6.59. The first-order valence-corrected chi connectivity index (χ1v) is 11.0. The number of anilines is 1. The van der Waals surface area contributed by atoms with Gasteiger partial charge in [-0.05, 0) is 53.1 Å². The predicted octanol–water partition coefficient (Wildman–Crippen LogP) is 3.83. The molecular formula is C26H23F2N3O3. The predicted molar refractivity (Wildman–Crippen MR) is 123 cm³/mol. The largest absolute Gasteiger partial charge is 0.394 e. The number of nitrogens with one attached hydrogen (secondary N) is 1. The topological polar surface area (TPSA) is 72.9 Å². The number of aliphatic hydroxyl groups excluding tert-OH is 1. The Hall–Kier alpha value is -3.78. The molecule has 0 spiro atoms. The molecule has 34 heavy (non-hydrogen) atoms. The zero-order valence-electron chi connectivity index (χ0n) is 18.2. The summed E-state index contributed by atoms with van der Waals surface area (Å²) in [7, 11) is 0. The molecule has 0 radical (unpaired) electrons. The number of urea groups is 1. The zero-order valence-corrected chi connectivity index (χ0v) is 18.2. The summed E-state index contributed by atoms with van der Waals surface area (Å²) in [5.74, 6) is -1.08. The van der Waals surface area contributed by atoms with Crippen molar-refractivity contribution in [3.63, 3.8) is 0 Å². The quantitative estimate of drug-likeness (QED) is 0.618. The molecule has 3 amide bonds. The fourth-order valence-corrected chi connectivity index (χ4v) is 4.96. The van der Waals surface area contributed by atoms with Crippen LogP contribution < -0.4 is 5.32 Å². The normalized spacial score (nSPS) is 21.6. The van der Waals surface area contributed by atoms with Gasteiger partial charge in [-0.2, -0.15) is 0 Å². The molecule has 0 bridgehead atoms. The first-order valence-electron chi connectivity index (χ1n) is 11.0.